The van der Waals surface area contributed by atoms with Gasteiger partial charge in [-0.1, -0.05) is 0 Å². The van der Waals surface area contributed by atoms with Gasteiger partial charge in [0.05, 0.1) is 5.69 Å². The summed E-state index contributed by atoms with van der Waals surface area (Å²) in [6.45, 7) is 6.56. The third kappa shape index (κ3) is 2.09. The zero-order valence-corrected chi connectivity index (χ0v) is 9.62. The summed E-state index contributed by atoms with van der Waals surface area (Å²) in [7, 11) is 1.87. The Morgan fingerprint density at radius 2 is 2.20 bits per heavy atom. The van der Waals surface area contributed by atoms with E-state index in [1.165, 1.54) is 5.56 Å². The van der Waals surface area contributed by atoms with Crippen molar-refractivity contribution in [3.8, 4) is 0 Å². The lowest BCUT2D eigenvalue weighted by Gasteiger charge is -2.31. The lowest BCUT2D eigenvalue weighted by molar-refractivity contribution is 0.201. The van der Waals surface area contributed by atoms with Gasteiger partial charge in [0.15, 0.2) is 0 Å². The third-order valence-electron chi connectivity index (χ3n) is 2.96. The highest BCUT2D eigenvalue weighted by Crippen LogP contribution is 2.19. The van der Waals surface area contributed by atoms with E-state index in [9.17, 15) is 0 Å². The first-order valence-corrected chi connectivity index (χ1v) is 5.48. The highest BCUT2D eigenvalue weighted by atomic mass is 15.2. The Bertz CT molecular complexity index is 348. The topological polar surface area (TPSA) is 41.1 Å². The minimum absolute atomic E-state index is 0.601. The molecule has 2 rings (SSSR count). The van der Waals surface area contributed by atoms with Gasteiger partial charge in [-0.2, -0.15) is 5.10 Å². The maximum Gasteiger partial charge on any atom is 0.148 e. The minimum Gasteiger partial charge on any atom is -0.372 e. The fourth-order valence-corrected chi connectivity index (χ4v) is 1.91. The molecule has 2 heterocycles. The van der Waals surface area contributed by atoms with Gasteiger partial charge < -0.3 is 5.32 Å². The second-order valence-electron chi connectivity index (χ2n) is 4.27. The molecule has 82 valence electrons. The van der Waals surface area contributed by atoms with Crippen LogP contribution in [0.25, 0.3) is 0 Å². The molecule has 1 aliphatic heterocycles. The van der Waals surface area contributed by atoms with Crippen molar-refractivity contribution >= 4 is 5.82 Å². The third-order valence-corrected chi connectivity index (χ3v) is 2.96. The molecule has 0 saturated heterocycles. The van der Waals surface area contributed by atoms with Crippen molar-refractivity contribution in [3.05, 3.63) is 17.3 Å². The van der Waals surface area contributed by atoms with E-state index in [1.807, 2.05) is 7.05 Å². The molecule has 0 saturated carbocycles. The standard InChI is InChI=1S/C11H18N4/c1-8(2)15-5-4-10-9(7-15)6-11(12-3)14-13-10/h6,8H,4-5,7H2,1-3H3,(H,12,14). The van der Waals surface area contributed by atoms with Crippen molar-refractivity contribution in [3.63, 3.8) is 0 Å². The zero-order valence-electron chi connectivity index (χ0n) is 9.62. The van der Waals surface area contributed by atoms with E-state index in [-0.39, 0.29) is 0 Å². The van der Waals surface area contributed by atoms with Crippen LogP contribution in [-0.4, -0.2) is 34.7 Å². The summed E-state index contributed by atoms with van der Waals surface area (Å²) >= 11 is 0. The van der Waals surface area contributed by atoms with Crippen LogP contribution in [0.2, 0.25) is 0 Å². The Morgan fingerprint density at radius 1 is 1.40 bits per heavy atom. The Kier molecular flexibility index (Phi) is 2.86. The lowest BCUT2D eigenvalue weighted by Crippen LogP contribution is -2.36. The Labute approximate surface area is 90.7 Å². The summed E-state index contributed by atoms with van der Waals surface area (Å²) in [5.74, 6) is 0.861. The fourth-order valence-electron chi connectivity index (χ4n) is 1.91. The summed E-state index contributed by atoms with van der Waals surface area (Å²) in [6.07, 6.45) is 1.02. The molecule has 0 fully saturated rings. The van der Waals surface area contributed by atoms with Gasteiger partial charge in [-0.3, -0.25) is 4.90 Å². The van der Waals surface area contributed by atoms with Crippen LogP contribution in [0.15, 0.2) is 6.07 Å². The van der Waals surface area contributed by atoms with Crippen molar-refractivity contribution in [1.82, 2.24) is 15.1 Å². The highest BCUT2D eigenvalue weighted by Gasteiger charge is 2.19. The first kappa shape index (κ1) is 10.4. The van der Waals surface area contributed by atoms with Gasteiger partial charge >= 0.3 is 0 Å². The second kappa shape index (κ2) is 4.14. The SMILES string of the molecule is CNc1cc2c(nn1)CCN(C(C)C)C2. The molecule has 4 nitrogen and oxygen atoms in total. The number of anilines is 1. The smallest absolute Gasteiger partial charge is 0.148 e. The summed E-state index contributed by atoms with van der Waals surface area (Å²) in [4.78, 5) is 2.46. The number of hydrogen-bond donors (Lipinski definition) is 1. The van der Waals surface area contributed by atoms with Gasteiger partial charge in [-0.25, -0.2) is 0 Å². The van der Waals surface area contributed by atoms with Gasteiger partial charge in [-0.15, -0.1) is 5.10 Å². The maximum absolute atomic E-state index is 4.24. The molecule has 0 aromatic carbocycles. The minimum atomic E-state index is 0.601. The van der Waals surface area contributed by atoms with Gasteiger partial charge in [0.2, 0.25) is 0 Å². The van der Waals surface area contributed by atoms with E-state index >= 15 is 0 Å². The van der Waals surface area contributed by atoms with E-state index in [4.69, 9.17) is 0 Å². The van der Waals surface area contributed by atoms with Crippen molar-refractivity contribution in [2.45, 2.75) is 32.9 Å². The van der Waals surface area contributed by atoms with Crippen molar-refractivity contribution in [2.75, 3.05) is 18.9 Å². The van der Waals surface area contributed by atoms with Crippen LogP contribution in [-0.2, 0) is 13.0 Å². The normalized spacial score (nSPS) is 16.5. The molecule has 1 N–H and O–H groups in total. The lowest BCUT2D eigenvalue weighted by atomic mass is 10.1. The van der Waals surface area contributed by atoms with Crippen LogP contribution < -0.4 is 5.32 Å². The molecule has 0 bridgehead atoms. The van der Waals surface area contributed by atoms with Crippen molar-refractivity contribution in [2.24, 2.45) is 0 Å². The quantitative estimate of drug-likeness (QED) is 0.791. The highest BCUT2D eigenvalue weighted by molar-refractivity contribution is 5.38. The predicted molar refractivity (Wildman–Crippen MR) is 60.8 cm³/mol. The predicted octanol–water partition coefficient (Wildman–Crippen LogP) is 1.28. The first-order chi connectivity index (χ1) is 7.20. The van der Waals surface area contributed by atoms with Crippen molar-refractivity contribution in [1.29, 1.82) is 0 Å². The average Bonchev–Trinajstić information content (AvgIpc) is 2.27. The molecular formula is C11H18N4. The molecule has 1 aromatic rings. The summed E-state index contributed by atoms with van der Waals surface area (Å²) in [6, 6.07) is 2.71. The molecule has 0 atom stereocenters. The molecular weight excluding hydrogens is 188 g/mol. The Morgan fingerprint density at radius 3 is 2.87 bits per heavy atom. The number of nitrogens with zero attached hydrogens (tertiary/aromatic N) is 3. The first-order valence-electron chi connectivity index (χ1n) is 5.48. The van der Waals surface area contributed by atoms with E-state index in [0.717, 1.165) is 31.0 Å². The maximum atomic E-state index is 4.24. The van der Waals surface area contributed by atoms with Gasteiger partial charge in [0, 0.05) is 32.6 Å². The monoisotopic (exact) mass is 206 g/mol. The average molecular weight is 206 g/mol. The van der Waals surface area contributed by atoms with Gasteiger partial charge in [0.1, 0.15) is 5.82 Å². The summed E-state index contributed by atoms with van der Waals surface area (Å²) in [5.41, 5.74) is 2.47. The van der Waals surface area contributed by atoms with Gasteiger partial charge in [-0.05, 0) is 25.5 Å². The van der Waals surface area contributed by atoms with Crippen LogP contribution >= 0.6 is 0 Å². The van der Waals surface area contributed by atoms with Crippen LogP contribution in [0.3, 0.4) is 0 Å². The molecule has 15 heavy (non-hydrogen) atoms. The largest absolute Gasteiger partial charge is 0.372 e. The summed E-state index contributed by atoms with van der Waals surface area (Å²) in [5, 5.41) is 11.4. The number of nitrogens with one attached hydrogen (secondary N) is 1. The molecule has 0 aliphatic carbocycles. The van der Waals surface area contributed by atoms with E-state index in [0.29, 0.717) is 6.04 Å². The van der Waals surface area contributed by atoms with Gasteiger partial charge in [0.25, 0.3) is 0 Å². The summed E-state index contributed by atoms with van der Waals surface area (Å²) < 4.78 is 0. The Balaban J connectivity index is 2.23. The van der Waals surface area contributed by atoms with Crippen LogP contribution in [0.5, 0.6) is 0 Å². The van der Waals surface area contributed by atoms with E-state index in [2.05, 4.69) is 40.3 Å². The number of aromatic nitrogens is 2. The molecule has 0 radical (unpaired) electrons. The molecule has 1 aliphatic rings. The molecule has 4 heteroatoms. The van der Waals surface area contributed by atoms with Crippen LogP contribution in [0.4, 0.5) is 5.82 Å². The molecule has 0 unspecified atom stereocenters. The Hall–Kier alpha value is -1.16. The molecule has 0 amide bonds. The van der Waals surface area contributed by atoms with E-state index in [1.54, 1.807) is 0 Å². The fraction of sp³-hybridized carbons (Fsp3) is 0.636. The number of hydrogen-bond acceptors (Lipinski definition) is 4. The zero-order chi connectivity index (χ0) is 10.8. The molecule has 1 aromatic heterocycles. The van der Waals surface area contributed by atoms with Crippen molar-refractivity contribution < 1.29 is 0 Å². The van der Waals surface area contributed by atoms with Crippen LogP contribution in [0, 0.1) is 0 Å². The number of fused-ring (bicyclic) bond motifs is 1. The number of rotatable bonds is 2. The molecule has 0 spiro atoms. The van der Waals surface area contributed by atoms with E-state index < -0.39 is 0 Å². The second-order valence-corrected chi connectivity index (χ2v) is 4.27. The van der Waals surface area contributed by atoms with Crippen LogP contribution in [0.1, 0.15) is 25.1 Å².